The lowest BCUT2D eigenvalue weighted by Gasteiger charge is -2.24. The fourth-order valence-electron chi connectivity index (χ4n) is 3.00. The molecule has 4 rings (SSSR count). The van der Waals surface area contributed by atoms with Crippen molar-refractivity contribution in [1.82, 2.24) is 9.97 Å². The van der Waals surface area contributed by atoms with Crippen LogP contribution in [0.15, 0.2) is 65.3 Å². The highest BCUT2D eigenvalue weighted by atomic mass is 16.3. The van der Waals surface area contributed by atoms with Crippen LogP contribution < -0.4 is 9.80 Å². The molecule has 0 atom stereocenters. The number of hydrogen-bond acceptors (Lipinski definition) is 5. The van der Waals surface area contributed by atoms with Crippen molar-refractivity contribution in [3.8, 4) is 0 Å². The fraction of sp³-hybridized carbons (Fsp3) is 0.200. The molecule has 0 saturated heterocycles. The van der Waals surface area contributed by atoms with Crippen LogP contribution in [0, 0.1) is 0 Å². The summed E-state index contributed by atoms with van der Waals surface area (Å²) < 4.78 is 6.02. The van der Waals surface area contributed by atoms with Crippen LogP contribution in [-0.4, -0.2) is 37.2 Å². The molecule has 0 aliphatic heterocycles. The minimum absolute atomic E-state index is 0.744. The van der Waals surface area contributed by atoms with Gasteiger partial charge in [0.15, 0.2) is 11.4 Å². The number of fused-ring (bicyclic) bond motifs is 3. The Morgan fingerprint density at radius 1 is 0.840 bits per heavy atom. The third kappa shape index (κ3) is 2.89. The minimum Gasteiger partial charge on any atom is -0.450 e. The van der Waals surface area contributed by atoms with Crippen LogP contribution in [0.3, 0.4) is 0 Å². The molecule has 2 heterocycles. The molecule has 0 N–H and O–H groups in total. The van der Waals surface area contributed by atoms with E-state index in [0.29, 0.717) is 0 Å². The van der Waals surface area contributed by atoms with E-state index >= 15 is 0 Å². The van der Waals surface area contributed by atoms with Crippen LogP contribution in [0.4, 0.5) is 11.5 Å². The molecule has 0 aliphatic carbocycles. The number of anilines is 2. The summed E-state index contributed by atoms with van der Waals surface area (Å²) in [6.07, 6.45) is 1.61. The van der Waals surface area contributed by atoms with Gasteiger partial charge in [-0.05, 0) is 24.3 Å². The zero-order chi connectivity index (χ0) is 17.2. The first-order valence-electron chi connectivity index (χ1n) is 8.33. The molecule has 126 valence electrons. The molecule has 0 aliphatic rings. The number of benzene rings is 2. The van der Waals surface area contributed by atoms with E-state index in [0.717, 1.165) is 41.0 Å². The first-order chi connectivity index (χ1) is 12.2. The maximum absolute atomic E-state index is 6.02. The van der Waals surface area contributed by atoms with Crippen LogP contribution >= 0.6 is 0 Å². The van der Waals surface area contributed by atoms with Crippen LogP contribution in [0.25, 0.3) is 22.1 Å². The normalized spacial score (nSPS) is 11.1. The number of hydrogen-bond donors (Lipinski definition) is 0. The van der Waals surface area contributed by atoms with Gasteiger partial charge in [0.1, 0.15) is 17.4 Å². The molecule has 4 aromatic rings. The highest BCUT2D eigenvalue weighted by molar-refractivity contribution is 6.05. The first kappa shape index (κ1) is 15.4. The van der Waals surface area contributed by atoms with Crippen molar-refractivity contribution in [3.63, 3.8) is 0 Å². The molecule has 0 spiro atoms. The number of rotatable bonds is 5. The quantitative estimate of drug-likeness (QED) is 0.554. The summed E-state index contributed by atoms with van der Waals surface area (Å²) in [5.41, 5.74) is 3.65. The molecule has 2 aromatic heterocycles. The van der Waals surface area contributed by atoms with Crippen molar-refractivity contribution in [2.75, 3.05) is 37.0 Å². The van der Waals surface area contributed by atoms with E-state index in [1.54, 1.807) is 6.33 Å². The lowest BCUT2D eigenvalue weighted by atomic mass is 10.2. The maximum atomic E-state index is 6.02. The predicted molar refractivity (Wildman–Crippen MR) is 102 cm³/mol. The van der Waals surface area contributed by atoms with Crippen LogP contribution in [0.2, 0.25) is 0 Å². The second kappa shape index (κ2) is 6.43. The lowest BCUT2D eigenvalue weighted by Crippen LogP contribution is -2.31. The summed E-state index contributed by atoms with van der Waals surface area (Å²) in [4.78, 5) is 13.2. The van der Waals surface area contributed by atoms with Gasteiger partial charge in [-0.25, -0.2) is 9.97 Å². The Hall–Kier alpha value is -3.08. The highest BCUT2D eigenvalue weighted by Crippen LogP contribution is 2.31. The number of aromatic nitrogens is 2. The molecule has 5 nitrogen and oxygen atoms in total. The molecule has 5 heteroatoms. The van der Waals surface area contributed by atoms with E-state index in [1.165, 1.54) is 5.69 Å². The Kier molecular flexibility index (Phi) is 3.98. The van der Waals surface area contributed by atoms with Crippen molar-refractivity contribution in [2.24, 2.45) is 0 Å². The molecular weight excluding hydrogens is 312 g/mol. The summed E-state index contributed by atoms with van der Waals surface area (Å²) in [6.45, 7) is 1.71. The summed E-state index contributed by atoms with van der Waals surface area (Å²) in [7, 11) is 4.13. The molecular formula is C20H20N4O. The van der Waals surface area contributed by atoms with Crippen LogP contribution in [0.1, 0.15) is 0 Å². The van der Waals surface area contributed by atoms with Gasteiger partial charge in [-0.1, -0.05) is 30.3 Å². The van der Waals surface area contributed by atoms with Gasteiger partial charge in [0, 0.05) is 38.3 Å². The van der Waals surface area contributed by atoms with E-state index in [2.05, 4.69) is 51.1 Å². The summed E-state index contributed by atoms with van der Waals surface area (Å²) in [6, 6.07) is 18.3. The van der Waals surface area contributed by atoms with E-state index in [-0.39, 0.29) is 0 Å². The van der Waals surface area contributed by atoms with Crippen molar-refractivity contribution >= 4 is 33.6 Å². The Labute approximate surface area is 146 Å². The monoisotopic (exact) mass is 332 g/mol. The average Bonchev–Trinajstić information content (AvgIpc) is 3.05. The van der Waals surface area contributed by atoms with Gasteiger partial charge in [0.25, 0.3) is 0 Å². The van der Waals surface area contributed by atoms with Crippen LogP contribution in [0.5, 0.6) is 0 Å². The Balaban J connectivity index is 1.59. The zero-order valence-electron chi connectivity index (χ0n) is 14.4. The predicted octanol–water partition coefficient (Wildman–Crippen LogP) is 3.95. The summed E-state index contributed by atoms with van der Waals surface area (Å²) >= 11 is 0. The van der Waals surface area contributed by atoms with Crippen molar-refractivity contribution < 1.29 is 4.42 Å². The Morgan fingerprint density at radius 3 is 2.40 bits per heavy atom. The zero-order valence-corrected chi connectivity index (χ0v) is 14.4. The SMILES string of the molecule is CN(CCN(C)c1ncnc2c1oc1ccccc12)c1ccccc1. The lowest BCUT2D eigenvalue weighted by molar-refractivity contribution is 0.662. The van der Waals surface area contributed by atoms with E-state index in [1.807, 2.05) is 37.4 Å². The molecule has 2 aromatic carbocycles. The topological polar surface area (TPSA) is 45.4 Å². The number of likely N-dealkylation sites (N-methyl/N-ethyl adjacent to an activating group) is 2. The maximum Gasteiger partial charge on any atom is 0.196 e. The van der Waals surface area contributed by atoms with Gasteiger partial charge in [0.2, 0.25) is 0 Å². The van der Waals surface area contributed by atoms with E-state index < -0.39 is 0 Å². The van der Waals surface area contributed by atoms with Gasteiger partial charge in [0.05, 0.1) is 0 Å². The molecule has 0 bridgehead atoms. The van der Waals surface area contributed by atoms with Gasteiger partial charge in [-0.15, -0.1) is 0 Å². The third-order valence-electron chi connectivity index (χ3n) is 4.47. The standard InChI is InChI=1S/C20H20N4O/c1-23(15-8-4-3-5-9-15)12-13-24(2)20-19-18(21-14-22-20)16-10-6-7-11-17(16)25-19/h3-11,14H,12-13H2,1-2H3. The van der Waals surface area contributed by atoms with Gasteiger partial charge < -0.3 is 14.2 Å². The summed E-state index contributed by atoms with van der Waals surface area (Å²) in [5, 5.41) is 1.02. The Bertz CT molecular complexity index is 996. The molecule has 0 fully saturated rings. The van der Waals surface area contributed by atoms with Gasteiger partial charge in [-0.3, -0.25) is 0 Å². The molecule has 0 radical (unpaired) electrons. The van der Waals surface area contributed by atoms with E-state index in [4.69, 9.17) is 4.42 Å². The summed E-state index contributed by atoms with van der Waals surface area (Å²) in [5.74, 6) is 0.822. The van der Waals surface area contributed by atoms with E-state index in [9.17, 15) is 0 Å². The smallest absolute Gasteiger partial charge is 0.196 e. The minimum atomic E-state index is 0.744. The number of nitrogens with zero attached hydrogens (tertiary/aromatic N) is 4. The largest absolute Gasteiger partial charge is 0.450 e. The number of furan rings is 1. The second-order valence-electron chi connectivity index (χ2n) is 6.15. The van der Waals surface area contributed by atoms with Gasteiger partial charge >= 0.3 is 0 Å². The van der Waals surface area contributed by atoms with Gasteiger partial charge in [-0.2, -0.15) is 0 Å². The average molecular weight is 332 g/mol. The number of para-hydroxylation sites is 2. The molecule has 0 unspecified atom stereocenters. The van der Waals surface area contributed by atoms with Crippen molar-refractivity contribution in [2.45, 2.75) is 0 Å². The van der Waals surface area contributed by atoms with Crippen LogP contribution in [-0.2, 0) is 0 Å². The Morgan fingerprint density at radius 2 is 1.56 bits per heavy atom. The van der Waals surface area contributed by atoms with Crippen molar-refractivity contribution in [1.29, 1.82) is 0 Å². The molecule has 0 saturated carbocycles. The third-order valence-corrected chi connectivity index (χ3v) is 4.47. The molecule has 25 heavy (non-hydrogen) atoms. The van der Waals surface area contributed by atoms with Crippen molar-refractivity contribution in [3.05, 3.63) is 60.9 Å². The second-order valence-corrected chi connectivity index (χ2v) is 6.15. The fourth-order valence-corrected chi connectivity index (χ4v) is 3.00. The molecule has 0 amide bonds. The first-order valence-corrected chi connectivity index (χ1v) is 8.33. The highest BCUT2D eigenvalue weighted by Gasteiger charge is 2.16.